The Morgan fingerprint density at radius 3 is 2.54 bits per heavy atom. The van der Waals surface area contributed by atoms with Crippen LogP contribution in [-0.2, 0) is 4.79 Å². The van der Waals surface area contributed by atoms with Crippen molar-refractivity contribution in [1.82, 2.24) is 21.0 Å². The van der Waals surface area contributed by atoms with Crippen molar-refractivity contribution in [2.45, 2.75) is 13.8 Å². The van der Waals surface area contributed by atoms with Gasteiger partial charge in [-0.3, -0.25) is 25.5 Å². The molecule has 0 bridgehead atoms. The molecule has 28 heavy (non-hydrogen) atoms. The van der Waals surface area contributed by atoms with E-state index in [2.05, 4.69) is 21.0 Å². The Kier molecular flexibility index (Phi) is 5.96. The predicted octanol–water partition coefficient (Wildman–Crippen LogP) is 3.19. The van der Waals surface area contributed by atoms with Crippen LogP contribution in [0.15, 0.2) is 48.7 Å². The predicted molar refractivity (Wildman–Crippen MR) is 106 cm³/mol. The summed E-state index contributed by atoms with van der Waals surface area (Å²) in [6, 6.07) is 12.5. The van der Waals surface area contributed by atoms with E-state index in [1.165, 1.54) is 6.20 Å². The van der Waals surface area contributed by atoms with E-state index in [-0.39, 0.29) is 12.2 Å². The Hall–Kier alpha value is -3.32. The van der Waals surface area contributed by atoms with Gasteiger partial charge in [-0.1, -0.05) is 29.8 Å². The van der Waals surface area contributed by atoms with Crippen LogP contribution >= 0.6 is 11.6 Å². The summed E-state index contributed by atoms with van der Waals surface area (Å²) in [6.45, 7) is 3.74. The number of hydrazine groups is 1. The fraction of sp³-hybridized carbons (Fsp3) is 0.150. The minimum atomic E-state index is -0.502. The Balaban J connectivity index is 1.55. The molecule has 3 aromatic rings. The summed E-state index contributed by atoms with van der Waals surface area (Å²) in [7, 11) is 0. The first-order chi connectivity index (χ1) is 13.4. The minimum absolute atomic E-state index is 0.224. The van der Waals surface area contributed by atoms with Crippen LogP contribution in [0, 0.1) is 13.8 Å². The maximum Gasteiger partial charge on any atom is 0.276 e. The van der Waals surface area contributed by atoms with Crippen molar-refractivity contribution in [2.75, 3.05) is 6.61 Å². The first-order valence-corrected chi connectivity index (χ1v) is 8.90. The monoisotopic (exact) mass is 398 g/mol. The maximum absolute atomic E-state index is 12.4. The van der Waals surface area contributed by atoms with Gasteiger partial charge in [-0.2, -0.15) is 5.10 Å². The number of ether oxygens (including phenoxy) is 1. The van der Waals surface area contributed by atoms with Gasteiger partial charge in [0.1, 0.15) is 5.75 Å². The number of halogens is 1. The fourth-order valence-electron chi connectivity index (χ4n) is 2.48. The van der Waals surface area contributed by atoms with Gasteiger partial charge in [-0.15, -0.1) is 0 Å². The molecule has 144 valence electrons. The number of hydrogen-bond donors (Lipinski definition) is 3. The van der Waals surface area contributed by atoms with E-state index in [0.29, 0.717) is 16.5 Å². The van der Waals surface area contributed by atoms with Crippen molar-refractivity contribution in [3.63, 3.8) is 0 Å². The molecule has 7 nitrogen and oxygen atoms in total. The third kappa shape index (κ3) is 4.69. The van der Waals surface area contributed by atoms with E-state index >= 15 is 0 Å². The molecule has 3 rings (SSSR count). The lowest BCUT2D eigenvalue weighted by molar-refractivity contribution is -0.123. The lowest BCUT2D eigenvalue weighted by Crippen LogP contribution is -2.43. The number of rotatable bonds is 5. The molecular weight excluding hydrogens is 380 g/mol. The molecule has 0 spiro atoms. The molecule has 8 heteroatoms. The highest BCUT2D eigenvalue weighted by molar-refractivity contribution is 6.30. The highest BCUT2D eigenvalue weighted by Gasteiger charge is 2.16. The first-order valence-electron chi connectivity index (χ1n) is 8.52. The second-order valence-electron chi connectivity index (χ2n) is 6.20. The van der Waals surface area contributed by atoms with E-state index < -0.39 is 11.8 Å². The Morgan fingerprint density at radius 2 is 1.82 bits per heavy atom. The second kappa shape index (κ2) is 8.58. The van der Waals surface area contributed by atoms with Gasteiger partial charge in [0.15, 0.2) is 6.61 Å². The molecule has 2 aromatic carbocycles. The van der Waals surface area contributed by atoms with E-state index in [9.17, 15) is 9.59 Å². The van der Waals surface area contributed by atoms with Gasteiger partial charge in [0.2, 0.25) is 0 Å². The van der Waals surface area contributed by atoms with Crippen molar-refractivity contribution in [1.29, 1.82) is 0 Å². The molecule has 0 aliphatic carbocycles. The number of aromatic nitrogens is 2. The molecule has 2 amide bonds. The lowest BCUT2D eigenvalue weighted by atomic mass is 10.1. The average molecular weight is 399 g/mol. The number of nitrogens with zero attached hydrogens (tertiary/aromatic N) is 1. The third-order valence-corrected chi connectivity index (χ3v) is 4.43. The molecule has 0 radical (unpaired) electrons. The summed E-state index contributed by atoms with van der Waals surface area (Å²) < 4.78 is 5.44. The van der Waals surface area contributed by atoms with Crippen LogP contribution in [0.3, 0.4) is 0 Å². The Morgan fingerprint density at radius 1 is 1.07 bits per heavy atom. The van der Waals surface area contributed by atoms with Crippen molar-refractivity contribution in [3.05, 3.63) is 70.4 Å². The van der Waals surface area contributed by atoms with Crippen LogP contribution in [0.1, 0.15) is 21.5 Å². The molecule has 0 saturated heterocycles. The number of nitrogens with one attached hydrogen (secondary N) is 3. The zero-order valence-electron chi connectivity index (χ0n) is 15.4. The number of aryl methyl sites for hydroxylation is 2. The maximum atomic E-state index is 12.4. The SMILES string of the molecule is Cc1ccc(OCC(=O)NNC(=O)c2cn[nH]c2-c2ccc(Cl)cc2)cc1C. The summed E-state index contributed by atoms with van der Waals surface area (Å²) in [4.78, 5) is 24.3. The topological polar surface area (TPSA) is 96.1 Å². The average Bonchev–Trinajstić information content (AvgIpc) is 3.17. The third-order valence-electron chi connectivity index (χ3n) is 4.18. The van der Waals surface area contributed by atoms with E-state index in [0.717, 1.165) is 16.7 Å². The fourth-order valence-corrected chi connectivity index (χ4v) is 2.60. The number of carbonyl (C=O) groups is 2. The van der Waals surface area contributed by atoms with Gasteiger partial charge in [0.05, 0.1) is 17.5 Å². The Labute approximate surface area is 167 Å². The lowest BCUT2D eigenvalue weighted by Gasteiger charge is -2.10. The molecule has 0 atom stereocenters. The van der Waals surface area contributed by atoms with Crippen molar-refractivity contribution in [3.8, 4) is 17.0 Å². The normalized spacial score (nSPS) is 10.4. The van der Waals surface area contributed by atoms with Crippen molar-refractivity contribution in [2.24, 2.45) is 0 Å². The molecule has 1 aromatic heterocycles. The number of aromatic amines is 1. The van der Waals surface area contributed by atoms with Gasteiger partial charge in [-0.05, 0) is 49.2 Å². The molecular formula is C20H19ClN4O3. The Bertz CT molecular complexity index is 999. The quantitative estimate of drug-likeness (QED) is 0.575. The van der Waals surface area contributed by atoms with Crippen molar-refractivity contribution >= 4 is 23.4 Å². The van der Waals surface area contributed by atoms with E-state index in [1.807, 2.05) is 26.0 Å². The largest absolute Gasteiger partial charge is 0.484 e. The van der Waals surface area contributed by atoms with Crippen LogP contribution in [0.25, 0.3) is 11.3 Å². The van der Waals surface area contributed by atoms with Crippen LogP contribution < -0.4 is 15.6 Å². The highest BCUT2D eigenvalue weighted by Crippen LogP contribution is 2.22. The number of amides is 2. The van der Waals surface area contributed by atoms with Crippen LogP contribution in [0.5, 0.6) is 5.75 Å². The summed E-state index contributed by atoms with van der Waals surface area (Å²) in [5.41, 5.74) is 8.46. The zero-order chi connectivity index (χ0) is 20.1. The van der Waals surface area contributed by atoms with E-state index in [1.54, 1.807) is 30.3 Å². The van der Waals surface area contributed by atoms with Gasteiger partial charge < -0.3 is 4.74 Å². The summed E-state index contributed by atoms with van der Waals surface area (Å²) in [6.07, 6.45) is 1.39. The molecule has 0 aliphatic rings. The van der Waals surface area contributed by atoms with Crippen LogP contribution in [0.4, 0.5) is 0 Å². The molecule has 3 N–H and O–H groups in total. The summed E-state index contributed by atoms with van der Waals surface area (Å²) >= 11 is 5.89. The first kappa shape index (κ1) is 19.4. The van der Waals surface area contributed by atoms with Crippen molar-refractivity contribution < 1.29 is 14.3 Å². The van der Waals surface area contributed by atoms with Gasteiger partial charge >= 0.3 is 0 Å². The number of benzene rings is 2. The summed E-state index contributed by atoms with van der Waals surface area (Å²) in [5, 5.41) is 7.27. The molecule has 0 aliphatic heterocycles. The second-order valence-corrected chi connectivity index (χ2v) is 6.64. The highest BCUT2D eigenvalue weighted by atomic mass is 35.5. The summed E-state index contributed by atoms with van der Waals surface area (Å²) in [5.74, 6) is -0.397. The number of H-pyrrole nitrogens is 1. The number of hydrogen-bond acceptors (Lipinski definition) is 4. The zero-order valence-corrected chi connectivity index (χ0v) is 16.1. The standard InChI is InChI=1S/C20H19ClN4O3/c1-12-3-8-16(9-13(12)2)28-11-18(26)23-25-20(27)17-10-22-24-19(17)14-4-6-15(21)7-5-14/h3-10H,11H2,1-2H3,(H,22,24)(H,23,26)(H,25,27). The van der Waals surface area contributed by atoms with Gasteiger partial charge in [-0.25, -0.2) is 0 Å². The number of carbonyl (C=O) groups excluding carboxylic acids is 2. The molecule has 0 fully saturated rings. The van der Waals surface area contributed by atoms with Crippen LogP contribution in [0.2, 0.25) is 5.02 Å². The van der Waals surface area contributed by atoms with Crippen LogP contribution in [-0.4, -0.2) is 28.6 Å². The minimum Gasteiger partial charge on any atom is -0.484 e. The molecule has 0 unspecified atom stereocenters. The smallest absolute Gasteiger partial charge is 0.276 e. The molecule has 1 heterocycles. The van der Waals surface area contributed by atoms with E-state index in [4.69, 9.17) is 16.3 Å². The van der Waals surface area contributed by atoms with Gasteiger partial charge in [0, 0.05) is 10.6 Å². The molecule has 0 saturated carbocycles. The van der Waals surface area contributed by atoms with Gasteiger partial charge in [0.25, 0.3) is 11.8 Å².